The molecule has 0 aliphatic rings. The van der Waals surface area contributed by atoms with E-state index in [1.807, 2.05) is 0 Å². The summed E-state index contributed by atoms with van der Waals surface area (Å²) in [5, 5.41) is 0. The molecule has 0 aromatic carbocycles. The smallest absolute Gasteiger partial charge is 0.790 e. The van der Waals surface area contributed by atoms with Crippen LogP contribution in [0.1, 0.15) is 0 Å². The second-order valence-corrected chi connectivity index (χ2v) is 3.48. The van der Waals surface area contributed by atoms with Crippen LogP contribution in [0.15, 0.2) is 0 Å². The summed E-state index contributed by atoms with van der Waals surface area (Å²) in [4.78, 5) is 35.7. The first-order valence-corrected chi connectivity index (χ1v) is 4.43. The van der Waals surface area contributed by atoms with Gasteiger partial charge in [0.25, 0.3) is 7.82 Å². The van der Waals surface area contributed by atoms with Gasteiger partial charge in [-0.1, -0.05) is 0 Å². The van der Waals surface area contributed by atoms with E-state index in [-0.39, 0.29) is 67.3 Å². The van der Waals surface area contributed by atoms with Crippen LogP contribution in [0.5, 0.6) is 0 Å². The van der Waals surface area contributed by atoms with Gasteiger partial charge >= 0.3 is 67.3 Å². The van der Waals surface area contributed by atoms with Crippen molar-refractivity contribution in [3.63, 3.8) is 0 Å². The Bertz CT molecular complexity index is 157. The molecular formula is HCaNaO7P2. The fourth-order valence-corrected chi connectivity index (χ4v) is 1.14. The molecule has 0 aromatic heterocycles. The van der Waals surface area contributed by atoms with Crippen LogP contribution in [0.25, 0.3) is 0 Å². The summed E-state index contributed by atoms with van der Waals surface area (Å²) in [5.41, 5.74) is 0. The Kier molecular flexibility index (Phi) is 12.0. The summed E-state index contributed by atoms with van der Waals surface area (Å²) >= 11 is 0. The molecule has 0 bridgehead atoms. The van der Waals surface area contributed by atoms with Gasteiger partial charge in [0.05, 0.1) is 7.82 Å². The molecule has 0 aromatic rings. The quantitative estimate of drug-likeness (QED) is 0.373. The normalized spacial score (nSPS) is 15.6. The fourth-order valence-electron chi connectivity index (χ4n) is 0.126. The molecule has 7 nitrogen and oxygen atoms in total. The zero-order valence-electron chi connectivity index (χ0n) is 5.50. The second-order valence-electron chi connectivity index (χ2n) is 0.997. The number of rotatable bonds is 2. The maximum absolute atomic E-state index is 9.44. The van der Waals surface area contributed by atoms with Crippen molar-refractivity contribution in [1.29, 1.82) is 0 Å². The Hall–Kier alpha value is 2.52. The van der Waals surface area contributed by atoms with Crippen LogP contribution >= 0.6 is 15.6 Å². The van der Waals surface area contributed by atoms with Gasteiger partial charge in [0, 0.05) is 0 Å². The molecule has 56 valence electrons. The molecule has 11 heavy (non-hydrogen) atoms. The van der Waals surface area contributed by atoms with Crippen molar-refractivity contribution < 1.29 is 62.6 Å². The van der Waals surface area contributed by atoms with Crippen LogP contribution in [0, 0.1) is 0 Å². The van der Waals surface area contributed by atoms with Crippen molar-refractivity contribution in [2.75, 3.05) is 0 Å². The van der Waals surface area contributed by atoms with Gasteiger partial charge in [-0.3, -0.25) is 8.88 Å². The third-order valence-corrected chi connectivity index (χ3v) is 1.83. The summed E-state index contributed by atoms with van der Waals surface area (Å²) in [5.74, 6) is 0. The molecular weight excluding hydrogens is 237 g/mol. The van der Waals surface area contributed by atoms with Gasteiger partial charge in [-0.15, -0.1) is 0 Å². The molecule has 0 radical (unpaired) electrons. The molecule has 1 N–H and O–H groups in total. The first kappa shape index (κ1) is 19.1. The molecule has 0 heterocycles. The Morgan fingerprint density at radius 1 is 1.18 bits per heavy atom. The molecule has 0 fully saturated rings. The monoisotopic (exact) mass is 238 g/mol. The zero-order chi connectivity index (χ0) is 7.71. The maximum Gasteiger partial charge on any atom is 2.00 e. The van der Waals surface area contributed by atoms with Crippen LogP contribution < -0.4 is 44.2 Å². The molecule has 0 spiro atoms. The minimum Gasteiger partial charge on any atom is -0.790 e. The standard InChI is InChI=1S/Ca.Na.H4O7P2/c;;1-8(2,3)7-9(4,5)6/h;;(H2,1,2,3)(H2,4,5,6)/q+2;+1;/p-3. The average molecular weight is 238 g/mol. The van der Waals surface area contributed by atoms with E-state index in [0.717, 1.165) is 0 Å². The molecule has 1 atom stereocenters. The molecule has 1 unspecified atom stereocenters. The van der Waals surface area contributed by atoms with Crippen LogP contribution in [-0.2, 0) is 13.4 Å². The molecule has 0 rings (SSSR count). The van der Waals surface area contributed by atoms with Gasteiger partial charge in [-0.05, 0) is 0 Å². The van der Waals surface area contributed by atoms with Crippen molar-refractivity contribution in [2.45, 2.75) is 0 Å². The van der Waals surface area contributed by atoms with E-state index in [2.05, 4.69) is 4.31 Å². The van der Waals surface area contributed by atoms with E-state index >= 15 is 0 Å². The molecule has 0 amide bonds. The first-order chi connectivity index (χ1) is 3.71. The predicted molar refractivity (Wildman–Crippen MR) is 24.3 cm³/mol. The number of hydrogen-bond acceptors (Lipinski definition) is 6. The second kappa shape index (κ2) is 6.90. The summed E-state index contributed by atoms with van der Waals surface area (Å²) in [6.07, 6.45) is 0. The summed E-state index contributed by atoms with van der Waals surface area (Å²) in [6, 6.07) is 0. The van der Waals surface area contributed by atoms with Crippen LogP contribution in [0.4, 0.5) is 0 Å². The van der Waals surface area contributed by atoms with Crippen molar-refractivity contribution in [3.8, 4) is 0 Å². The van der Waals surface area contributed by atoms with E-state index in [9.17, 15) is 23.8 Å². The Morgan fingerprint density at radius 2 is 1.45 bits per heavy atom. The van der Waals surface area contributed by atoms with Gasteiger partial charge < -0.3 is 24.1 Å². The van der Waals surface area contributed by atoms with Crippen LogP contribution in [-0.4, -0.2) is 42.6 Å². The SMILES string of the molecule is O=P([O-])([O-])OP(=O)([O-])O.[Ca+2].[Na+]. The maximum atomic E-state index is 9.44. The van der Waals surface area contributed by atoms with Crippen molar-refractivity contribution >= 4 is 53.4 Å². The molecule has 0 aliphatic carbocycles. The van der Waals surface area contributed by atoms with Crippen molar-refractivity contribution in [3.05, 3.63) is 0 Å². The minimum absolute atomic E-state index is 0. The zero-order valence-corrected chi connectivity index (χ0v) is 11.5. The van der Waals surface area contributed by atoms with Crippen molar-refractivity contribution in [2.24, 2.45) is 0 Å². The summed E-state index contributed by atoms with van der Waals surface area (Å²) in [6.45, 7) is 0. The predicted octanol–water partition coefficient (Wildman–Crippen LogP) is -6.08. The van der Waals surface area contributed by atoms with Crippen LogP contribution in [0.2, 0.25) is 0 Å². The molecule has 11 heteroatoms. The average Bonchev–Trinajstić information content (AvgIpc) is 1.14. The van der Waals surface area contributed by atoms with Gasteiger partial charge in [0.1, 0.15) is 0 Å². The molecule has 0 aliphatic heterocycles. The van der Waals surface area contributed by atoms with Gasteiger partial charge in [0.15, 0.2) is 0 Å². The third kappa shape index (κ3) is 19.1. The minimum atomic E-state index is -5.61. The first-order valence-electron chi connectivity index (χ1n) is 1.48. The van der Waals surface area contributed by atoms with Crippen molar-refractivity contribution in [1.82, 2.24) is 0 Å². The van der Waals surface area contributed by atoms with E-state index in [1.165, 1.54) is 0 Å². The van der Waals surface area contributed by atoms with E-state index in [1.54, 1.807) is 0 Å². The third-order valence-electron chi connectivity index (χ3n) is 0.203. The van der Waals surface area contributed by atoms with E-state index in [0.29, 0.717) is 0 Å². The fraction of sp³-hybridized carbons (Fsp3) is 0. The van der Waals surface area contributed by atoms with Crippen LogP contribution in [0.3, 0.4) is 0 Å². The molecule has 0 saturated carbocycles. The Morgan fingerprint density at radius 3 is 1.45 bits per heavy atom. The Balaban J connectivity index is -0.000000320. The van der Waals surface area contributed by atoms with Gasteiger partial charge in [-0.2, -0.15) is 0 Å². The summed E-state index contributed by atoms with van der Waals surface area (Å²) in [7, 11) is -11.0. The van der Waals surface area contributed by atoms with Gasteiger partial charge in [0.2, 0.25) is 0 Å². The van der Waals surface area contributed by atoms with Gasteiger partial charge in [-0.25, -0.2) is 0 Å². The van der Waals surface area contributed by atoms with E-state index < -0.39 is 15.6 Å². The summed E-state index contributed by atoms with van der Waals surface area (Å²) < 4.78 is 21.4. The van der Waals surface area contributed by atoms with E-state index in [4.69, 9.17) is 4.89 Å². The number of hydrogen-bond donors (Lipinski definition) is 1. The topological polar surface area (TPSA) is 133 Å². The Labute approximate surface area is 114 Å². The molecule has 0 saturated heterocycles. The largest absolute Gasteiger partial charge is 2.00 e. The number of phosphoric acid groups is 2.